The van der Waals surface area contributed by atoms with E-state index in [2.05, 4.69) is 13.8 Å². The number of hydrogen-bond acceptors (Lipinski definition) is 5. The van der Waals surface area contributed by atoms with Crippen LogP contribution in [0.15, 0.2) is 24.3 Å². The Bertz CT molecular complexity index is 642. The van der Waals surface area contributed by atoms with Crippen LogP contribution in [0.25, 0.3) is 0 Å². The monoisotopic (exact) mass is 437 g/mol. The molecule has 0 aliphatic carbocycles. The van der Waals surface area contributed by atoms with Crippen molar-refractivity contribution < 1.29 is 28.9 Å². The van der Waals surface area contributed by atoms with Gasteiger partial charge < -0.3 is 24.2 Å². The van der Waals surface area contributed by atoms with Crippen LogP contribution in [0.3, 0.4) is 0 Å². The van der Waals surface area contributed by atoms with Gasteiger partial charge in [-0.15, -0.1) is 0 Å². The lowest BCUT2D eigenvalue weighted by Gasteiger charge is -2.26. The number of aliphatic carboxylic acids is 1. The van der Waals surface area contributed by atoms with E-state index in [1.54, 1.807) is 11.8 Å². The van der Waals surface area contributed by atoms with E-state index < -0.39 is 12.1 Å². The zero-order valence-corrected chi connectivity index (χ0v) is 19.6. The molecule has 0 saturated heterocycles. The SMILES string of the molecule is CCOC(Cc1ccc(OCCN(CC(CC)CC)C(=O)OCC(C)C)cc1)C(=O)O. The zero-order valence-electron chi connectivity index (χ0n) is 19.6. The molecule has 1 N–H and O–H groups in total. The molecule has 1 aromatic carbocycles. The summed E-state index contributed by atoms with van der Waals surface area (Å²) in [6.07, 6.45) is 1.16. The first-order valence-electron chi connectivity index (χ1n) is 11.3. The van der Waals surface area contributed by atoms with Crippen LogP contribution in [0.5, 0.6) is 5.75 Å². The van der Waals surface area contributed by atoms with Crippen molar-refractivity contribution in [3.05, 3.63) is 29.8 Å². The summed E-state index contributed by atoms with van der Waals surface area (Å²) in [7, 11) is 0. The number of carboxylic acids is 1. The van der Waals surface area contributed by atoms with Crippen LogP contribution in [0.1, 0.15) is 53.0 Å². The van der Waals surface area contributed by atoms with Crippen molar-refractivity contribution in [2.24, 2.45) is 11.8 Å². The number of amides is 1. The fourth-order valence-corrected chi connectivity index (χ4v) is 3.07. The number of rotatable bonds is 15. The maximum atomic E-state index is 12.5. The van der Waals surface area contributed by atoms with Gasteiger partial charge in [0.15, 0.2) is 6.10 Å². The van der Waals surface area contributed by atoms with Crippen LogP contribution in [-0.4, -0.2) is 61.1 Å². The van der Waals surface area contributed by atoms with Crippen molar-refractivity contribution in [3.8, 4) is 5.75 Å². The lowest BCUT2D eigenvalue weighted by atomic mass is 10.0. The molecule has 0 aliphatic rings. The molecule has 1 atom stereocenters. The predicted octanol–water partition coefficient (Wildman–Crippen LogP) is 4.63. The third-order valence-electron chi connectivity index (χ3n) is 5.05. The molecule has 0 spiro atoms. The lowest BCUT2D eigenvalue weighted by Crippen LogP contribution is -2.39. The Labute approximate surface area is 186 Å². The molecule has 7 nitrogen and oxygen atoms in total. The van der Waals surface area contributed by atoms with E-state index in [1.165, 1.54) is 0 Å². The van der Waals surface area contributed by atoms with Crippen molar-refractivity contribution >= 4 is 12.1 Å². The molecule has 1 aromatic rings. The number of carbonyl (C=O) groups excluding carboxylic acids is 1. The van der Waals surface area contributed by atoms with Crippen LogP contribution in [0.2, 0.25) is 0 Å². The van der Waals surface area contributed by atoms with Crippen LogP contribution < -0.4 is 4.74 Å². The normalized spacial score (nSPS) is 12.1. The maximum absolute atomic E-state index is 12.5. The Kier molecular flexibility index (Phi) is 12.7. The van der Waals surface area contributed by atoms with Gasteiger partial charge in [0.05, 0.1) is 13.2 Å². The standard InChI is InChI=1S/C24H39NO6/c1-6-19(7-2)16-25(24(28)31-17-18(4)5)13-14-30-21-11-9-20(10-12-21)15-22(23(26)27)29-8-3/h9-12,18-19,22H,6-8,13-17H2,1-5H3,(H,26,27). The molecule has 1 rings (SSSR count). The van der Waals surface area contributed by atoms with Gasteiger partial charge in [0.2, 0.25) is 0 Å². The molecule has 0 heterocycles. The molecule has 0 fully saturated rings. The van der Waals surface area contributed by atoms with E-state index >= 15 is 0 Å². The van der Waals surface area contributed by atoms with Crippen LogP contribution >= 0.6 is 0 Å². The number of carboxylic acid groups (broad SMARTS) is 1. The van der Waals surface area contributed by atoms with E-state index in [0.717, 1.165) is 18.4 Å². The maximum Gasteiger partial charge on any atom is 0.409 e. The van der Waals surface area contributed by atoms with Crippen molar-refractivity contribution in [3.63, 3.8) is 0 Å². The molecule has 31 heavy (non-hydrogen) atoms. The Balaban J connectivity index is 2.62. The van der Waals surface area contributed by atoms with E-state index in [1.807, 2.05) is 38.1 Å². The van der Waals surface area contributed by atoms with Crippen LogP contribution in [0, 0.1) is 11.8 Å². The highest BCUT2D eigenvalue weighted by Gasteiger charge is 2.20. The summed E-state index contributed by atoms with van der Waals surface area (Å²) in [5.74, 6) is 0.421. The smallest absolute Gasteiger partial charge is 0.409 e. The number of hydrogen-bond donors (Lipinski definition) is 1. The summed E-state index contributed by atoms with van der Waals surface area (Å²) >= 11 is 0. The number of carbonyl (C=O) groups is 2. The van der Waals surface area contributed by atoms with Gasteiger partial charge >= 0.3 is 12.1 Å². The van der Waals surface area contributed by atoms with Gasteiger partial charge in [-0.05, 0) is 36.5 Å². The van der Waals surface area contributed by atoms with Gasteiger partial charge in [-0.25, -0.2) is 9.59 Å². The fourth-order valence-electron chi connectivity index (χ4n) is 3.07. The molecule has 1 unspecified atom stereocenters. The Morgan fingerprint density at radius 1 is 1.06 bits per heavy atom. The second-order valence-electron chi connectivity index (χ2n) is 8.08. The number of benzene rings is 1. The molecule has 1 amide bonds. The van der Waals surface area contributed by atoms with E-state index in [0.29, 0.717) is 51.0 Å². The molecular weight excluding hydrogens is 398 g/mol. The third kappa shape index (κ3) is 10.5. The van der Waals surface area contributed by atoms with Crippen molar-refractivity contribution in [1.29, 1.82) is 0 Å². The molecular formula is C24H39NO6. The van der Waals surface area contributed by atoms with Gasteiger partial charge in [0, 0.05) is 19.6 Å². The molecule has 7 heteroatoms. The van der Waals surface area contributed by atoms with Crippen molar-refractivity contribution in [2.75, 3.05) is 32.9 Å². The molecule has 176 valence electrons. The summed E-state index contributed by atoms with van der Waals surface area (Å²) in [5.41, 5.74) is 0.862. The molecule has 0 aromatic heterocycles. The number of ether oxygens (including phenoxy) is 3. The van der Waals surface area contributed by atoms with Gasteiger partial charge in [0.25, 0.3) is 0 Å². The highest BCUT2D eigenvalue weighted by Crippen LogP contribution is 2.16. The quantitative estimate of drug-likeness (QED) is 0.431. The summed E-state index contributed by atoms with van der Waals surface area (Å²) in [6, 6.07) is 7.29. The van der Waals surface area contributed by atoms with Crippen molar-refractivity contribution in [2.45, 2.75) is 60.0 Å². The average Bonchev–Trinajstić information content (AvgIpc) is 2.75. The van der Waals surface area contributed by atoms with Crippen LogP contribution in [0.4, 0.5) is 4.79 Å². The van der Waals surface area contributed by atoms with Gasteiger partial charge in [-0.2, -0.15) is 0 Å². The number of nitrogens with zero attached hydrogens (tertiary/aromatic N) is 1. The highest BCUT2D eigenvalue weighted by molar-refractivity contribution is 5.72. The van der Waals surface area contributed by atoms with E-state index in [4.69, 9.17) is 14.2 Å². The minimum atomic E-state index is -0.968. The van der Waals surface area contributed by atoms with Gasteiger partial charge in [-0.1, -0.05) is 52.7 Å². The minimum absolute atomic E-state index is 0.289. The highest BCUT2D eigenvalue weighted by atomic mass is 16.6. The second kappa shape index (κ2) is 14.7. The molecule has 0 aliphatic heterocycles. The van der Waals surface area contributed by atoms with Crippen molar-refractivity contribution in [1.82, 2.24) is 4.90 Å². The molecule has 0 bridgehead atoms. The summed E-state index contributed by atoms with van der Waals surface area (Å²) in [4.78, 5) is 25.5. The Hall–Kier alpha value is -2.28. The Morgan fingerprint density at radius 3 is 2.23 bits per heavy atom. The lowest BCUT2D eigenvalue weighted by molar-refractivity contribution is -0.149. The van der Waals surface area contributed by atoms with Crippen LogP contribution in [-0.2, 0) is 20.7 Å². The Morgan fingerprint density at radius 2 is 1.71 bits per heavy atom. The fraction of sp³-hybridized carbons (Fsp3) is 0.667. The third-order valence-corrected chi connectivity index (χ3v) is 5.05. The second-order valence-corrected chi connectivity index (χ2v) is 8.08. The first kappa shape index (κ1) is 26.8. The summed E-state index contributed by atoms with van der Waals surface area (Å²) in [6.45, 7) is 12.3. The predicted molar refractivity (Wildman–Crippen MR) is 121 cm³/mol. The molecule has 0 saturated carbocycles. The first-order chi connectivity index (χ1) is 14.8. The zero-order chi connectivity index (χ0) is 23.2. The van der Waals surface area contributed by atoms with Gasteiger partial charge in [0.1, 0.15) is 12.4 Å². The van der Waals surface area contributed by atoms with Gasteiger partial charge in [-0.3, -0.25) is 0 Å². The first-order valence-corrected chi connectivity index (χ1v) is 11.3. The summed E-state index contributed by atoms with van der Waals surface area (Å²) in [5, 5.41) is 9.21. The van der Waals surface area contributed by atoms with E-state index in [-0.39, 0.29) is 12.0 Å². The summed E-state index contributed by atoms with van der Waals surface area (Å²) < 4.78 is 16.5. The molecule has 0 radical (unpaired) electrons. The average molecular weight is 438 g/mol. The largest absolute Gasteiger partial charge is 0.492 e. The minimum Gasteiger partial charge on any atom is -0.492 e. The topological polar surface area (TPSA) is 85.3 Å². The van der Waals surface area contributed by atoms with E-state index in [9.17, 15) is 14.7 Å².